The van der Waals surface area contributed by atoms with Crippen molar-refractivity contribution in [3.05, 3.63) is 94.0 Å². The number of para-hydroxylation sites is 1. The number of allylic oxidation sites excluding steroid dienone is 1. The lowest BCUT2D eigenvalue weighted by molar-refractivity contribution is -0.0499. The van der Waals surface area contributed by atoms with E-state index in [4.69, 9.17) is 21.7 Å². The molecule has 12 heteroatoms. The number of nitrogens with one attached hydrogen (secondary N) is 1. The van der Waals surface area contributed by atoms with Gasteiger partial charge in [0.05, 0.1) is 40.3 Å². The molecule has 1 saturated heterocycles. The molecule has 1 saturated carbocycles. The highest BCUT2D eigenvalue weighted by molar-refractivity contribution is 6.31. The van der Waals surface area contributed by atoms with Gasteiger partial charge in [0.2, 0.25) is 0 Å². The number of ether oxygens (including phenoxy) is 2. The van der Waals surface area contributed by atoms with Crippen LogP contribution in [-0.4, -0.2) is 58.3 Å². The van der Waals surface area contributed by atoms with Crippen molar-refractivity contribution in [1.82, 2.24) is 4.98 Å². The number of carboxylic acids is 1. The number of hydrogen-bond donors (Lipinski definition) is 4. The van der Waals surface area contributed by atoms with E-state index in [1.807, 2.05) is 4.90 Å². The number of aliphatic hydroxyl groups is 2. The summed E-state index contributed by atoms with van der Waals surface area (Å²) < 4.78 is 36.4. The fraction of sp³-hybridized carbons (Fsp3) is 0.300. The fourth-order valence-electron chi connectivity index (χ4n) is 4.98. The number of rotatable bonds is 11. The van der Waals surface area contributed by atoms with Crippen LogP contribution < -0.4 is 14.4 Å². The molecule has 0 radical (unpaired) electrons. The second-order valence-corrected chi connectivity index (χ2v) is 10.7. The zero-order chi connectivity index (χ0) is 30.0. The zero-order valence-electron chi connectivity index (χ0n) is 22.3. The van der Waals surface area contributed by atoms with Gasteiger partial charge in [-0.1, -0.05) is 29.8 Å². The predicted octanol–water partition coefficient (Wildman–Crippen LogP) is 5.80. The number of aliphatic hydroxyl groups excluding tert-OH is 1. The Morgan fingerprint density at radius 3 is 2.62 bits per heavy atom. The Morgan fingerprint density at radius 2 is 1.93 bits per heavy atom. The highest BCUT2D eigenvalue weighted by Gasteiger charge is 2.39. The first-order valence-electron chi connectivity index (χ1n) is 13.2. The number of carboxylic acid groups (broad SMARTS) is 1. The zero-order valence-corrected chi connectivity index (χ0v) is 23.0. The monoisotopic (exact) mass is 599 g/mol. The molecule has 42 heavy (non-hydrogen) atoms. The summed E-state index contributed by atoms with van der Waals surface area (Å²) in [6, 6.07) is 12.2. The van der Waals surface area contributed by atoms with Crippen molar-refractivity contribution in [2.75, 3.05) is 24.6 Å². The van der Waals surface area contributed by atoms with Gasteiger partial charge in [-0.15, -0.1) is 0 Å². The molecule has 1 atom stereocenters. The average molecular weight is 600 g/mol. The molecule has 1 aromatic heterocycles. The van der Waals surface area contributed by atoms with Crippen molar-refractivity contribution < 1.29 is 38.4 Å². The van der Waals surface area contributed by atoms with Crippen LogP contribution >= 0.6 is 11.6 Å². The van der Waals surface area contributed by atoms with Gasteiger partial charge in [-0.3, -0.25) is 10.4 Å². The smallest absolute Gasteiger partial charge is 0.387 e. The molecule has 1 unspecified atom stereocenters. The molecule has 2 fully saturated rings. The normalized spacial score (nSPS) is 19.0. The molecule has 4 N–H and O–H groups in total. The van der Waals surface area contributed by atoms with Crippen molar-refractivity contribution in [2.45, 2.75) is 31.5 Å². The van der Waals surface area contributed by atoms with Crippen molar-refractivity contribution in [1.29, 1.82) is 5.41 Å². The third-order valence-corrected chi connectivity index (χ3v) is 7.67. The summed E-state index contributed by atoms with van der Waals surface area (Å²) in [5.41, 5.74) is -0.203. The maximum atomic E-state index is 13.0. The molecule has 2 heterocycles. The summed E-state index contributed by atoms with van der Waals surface area (Å²) in [6.07, 6.45) is 4.61. The number of anilines is 1. The number of alkyl halides is 2. The number of hydrogen-bond acceptors (Lipinski definition) is 8. The van der Waals surface area contributed by atoms with Crippen LogP contribution in [0.3, 0.4) is 0 Å². The highest BCUT2D eigenvalue weighted by Crippen LogP contribution is 2.40. The van der Waals surface area contributed by atoms with Crippen LogP contribution in [0.25, 0.3) is 0 Å². The van der Waals surface area contributed by atoms with E-state index < -0.39 is 18.2 Å². The molecule has 1 aliphatic carbocycles. The average Bonchev–Trinajstić information content (AvgIpc) is 3.74. The van der Waals surface area contributed by atoms with Crippen molar-refractivity contribution >= 4 is 29.0 Å². The van der Waals surface area contributed by atoms with E-state index in [0.717, 1.165) is 12.8 Å². The van der Waals surface area contributed by atoms with E-state index in [1.54, 1.807) is 18.2 Å². The molecule has 0 amide bonds. The third-order valence-electron chi connectivity index (χ3n) is 7.36. The SMILES string of the molecule is N=C(/C(COc1ccc(C2(O)CCN(c3cncc(C(=O)O)c3)C2)c(Cl)c1)=C(\O)C1CC1)c1ccccc1OC(F)F. The third kappa shape index (κ3) is 6.32. The molecule has 220 valence electrons. The Hall–Kier alpha value is -4.22. The predicted molar refractivity (Wildman–Crippen MR) is 151 cm³/mol. The van der Waals surface area contributed by atoms with Gasteiger partial charge in [-0.2, -0.15) is 8.78 Å². The second-order valence-electron chi connectivity index (χ2n) is 10.3. The number of pyridine rings is 1. The van der Waals surface area contributed by atoms with Gasteiger partial charge in [0.15, 0.2) is 0 Å². The number of carbonyl (C=O) groups is 1. The Kier molecular flexibility index (Phi) is 8.33. The van der Waals surface area contributed by atoms with E-state index in [9.17, 15) is 28.9 Å². The van der Waals surface area contributed by atoms with Crippen molar-refractivity contribution in [2.24, 2.45) is 5.92 Å². The number of aromatic nitrogens is 1. The lowest BCUT2D eigenvalue weighted by atomic mass is 9.93. The van der Waals surface area contributed by atoms with Crippen LogP contribution in [0.4, 0.5) is 14.5 Å². The van der Waals surface area contributed by atoms with E-state index in [0.29, 0.717) is 30.0 Å². The standard InChI is InChI=1S/C30H28ClF2N3O6/c31-24-12-20(7-8-23(24)30(40)9-10-36(16-30)19-11-18(28(38)39)13-35-14-19)41-15-22(27(37)17-5-6-17)26(34)21-3-1-2-4-25(21)42-29(32)33/h1-4,7-8,11-14,17,29,34,37,40H,5-6,9-10,15-16H2,(H,38,39)/b27-22-,34-26?. The number of β-amino-alcohol motifs (C(OH)–C–C–N with tert-alkyl or cyclic N) is 1. The maximum Gasteiger partial charge on any atom is 0.387 e. The highest BCUT2D eigenvalue weighted by atomic mass is 35.5. The van der Waals surface area contributed by atoms with Gasteiger partial charge in [-0.25, -0.2) is 4.79 Å². The van der Waals surface area contributed by atoms with Gasteiger partial charge >= 0.3 is 12.6 Å². The number of aromatic carboxylic acids is 1. The minimum absolute atomic E-state index is 0.0311. The largest absolute Gasteiger partial charge is 0.512 e. The van der Waals surface area contributed by atoms with Gasteiger partial charge in [0.25, 0.3) is 0 Å². The summed E-state index contributed by atoms with van der Waals surface area (Å²) in [5, 5.41) is 40.5. The maximum absolute atomic E-state index is 13.0. The van der Waals surface area contributed by atoms with Crippen LogP contribution in [-0.2, 0) is 5.60 Å². The molecule has 5 rings (SSSR count). The summed E-state index contributed by atoms with van der Waals surface area (Å²) in [6.45, 7) is -2.70. The molecule has 9 nitrogen and oxygen atoms in total. The Labute approximate surface area is 245 Å². The lowest BCUT2D eigenvalue weighted by Crippen LogP contribution is -2.31. The molecule has 2 aliphatic rings. The first kappa shape index (κ1) is 29.3. The summed E-state index contributed by atoms with van der Waals surface area (Å²) in [5.74, 6) is -1.14. The molecular formula is C30H28ClF2N3O6. The topological polar surface area (TPSA) is 136 Å². The number of halogens is 3. The lowest BCUT2D eigenvalue weighted by Gasteiger charge is -2.26. The van der Waals surface area contributed by atoms with Crippen LogP contribution in [0.5, 0.6) is 11.5 Å². The van der Waals surface area contributed by atoms with E-state index in [2.05, 4.69) is 9.72 Å². The summed E-state index contributed by atoms with van der Waals surface area (Å²) >= 11 is 6.59. The minimum atomic E-state index is -3.08. The van der Waals surface area contributed by atoms with Crippen LogP contribution in [0.15, 0.2) is 72.3 Å². The second kappa shape index (κ2) is 11.9. The molecule has 0 spiro atoms. The molecular weight excluding hydrogens is 572 g/mol. The summed E-state index contributed by atoms with van der Waals surface area (Å²) in [7, 11) is 0. The Balaban J connectivity index is 1.32. The molecule has 0 bridgehead atoms. The molecule has 3 aromatic rings. The van der Waals surface area contributed by atoms with E-state index in [-0.39, 0.29) is 58.0 Å². The number of nitrogens with zero attached hydrogens (tertiary/aromatic N) is 2. The first-order valence-corrected chi connectivity index (χ1v) is 13.6. The van der Waals surface area contributed by atoms with Gasteiger partial charge < -0.3 is 29.7 Å². The van der Waals surface area contributed by atoms with Crippen molar-refractivity contribution in [3.8, 4) is 11.5 Å². The van der Waals surface area contributed by atoms with Gasteiger partial charge in [0, 0.05) is 29.8 Å². The quantitative estimate of drug-likeness (QED) is 0.160. The molecule has 2 aromatic carbocycles. The minimum Gasteiger partial charge on any atom is -0.512 e. The summed E-state index contributed by atoms with van der Waals surface area (Å²) in [4.78, 5) is 17.1. The van der Waals surface area contributed by atoms with E-state index >= 15 is 0 Å². The van der Waals surface area contributed by atoms with Gasteiger partial charge in [0.1, 0.15) is 29.5 Å². The van der Waals surface area contributed by atoms with Crippen LogP contribution in [0.1, 0.15) is 40.7 Å². The van der Waals surface area contributed by atoms with Crippen LogP contribution in [0.2, 0.25) is 5.02 Å². The Morgan fingerprint density at radius 1 is 1.17 bits per heavy atom. The Bertz CT molecular complexity index is 1550. The van der Waals surface area contributed by atoms with Crippen molar-refractivity contribution in [3.63, 3.8) is 0 Å². The van der Waals surface area contributed by atoms with E-state index in [1.165, 1.54) is 42.7 Å². The fourth-order valence-corrected chi connectivity index (χ4v) is 5.33. The van der Waals surface area contributed by atoms with Crippen LogP contribution in [0, 0.1) is 11.3 Å². The van der Waals surface area contributed by atoms with Gasteiger partial charge in [-0.05, 0) is 49.6 Å². The molecule has 1 aliphatic heterocycles. The first-order chi connectivity index (χ1) is 20.1. The number of benzene rings is 2.